The van der Waals surface area contributed by atoms with E-state index in [2.05, 4.69) is 129 Å². The monoisotopic (exact) mass is 1550 g/mol. The minimum atomic E-state index is -0.887. The minimum absolute atomic E-state index is 0. The van der Waals surface area contributed by atoms with Gasteiger partial charge in [0.2, 0.25) is 6.08 Å². The number of anilines is 6. The van der Waals surface area contributed by atoms with E-state index in [9.17, 15) is 19.2 Å². The van der Waals surface area contributed by atoms with E-state index in [1.54, 1.807) is 64.7 Å². The summed E-state index contributed by atoms with van der Waals surface area (Å²) in [6, 6.07) is 50.9. The largest absolute Gasteiger partial charge is 1.00 e. The van der Waals surface area contributed by atoms with Gasteiger partial charge >= 0.3 is 37.4 Å². The van der Waals surface area contributed by atoms with Crippen LogP contribution < -0.4 is 65.4 Å². The first-order chi connectivity index (χ1) is 52.9. The minimum Gasteiger partial charge on any atom is -1.00 e. The number of hydrogen-bond donors (Lipinski definition) is 6. The molecule has 5 radical (unpaired) electrons. The van der Waals surface area contributed by atoms with E-state index in [0.29, 0.717) is 35.0 Å². The Labute approximate surface area is 697 Å². The molecule has 3 heterocycles. The van der Waals surface area contributed by atoms with Crippen LogP contribution in [0.5, 0.6) is 17.2 Å². The van der Waals surface area contributed by atoms with E-state index in [0.717, 1.165) is 77.8 Å². The standard InChI is InChI=1S/C27H37N3O2.C27H39N3O.C19H31N3.C8H7ClO2.C4H5NO3.CH4.Al.B2.BO.Li.4H/c1-32-24-15-13-21(14-16-24)27(31)29-26-12-8-7-11-25(26)28-22-17-19-30(20-18-22)23-9-5-3-2-4-6-10-23;1-31-25-15-13-22(14-16-25)21-28-26-11-7-8-12-27(26)29-23-17-19-30(20-18-23)24-9-5-3-2-4-6-10-24;20-18-10-6-7-11-19(18)21-16-12-14-22(15-13-16)17-8-4-2-1-3-5-9-17;1-11-7-4-2-6(3-5-7)8(9)10;1-2-8-4(7)5-3-6;;;2*1-2;;;;;/h7-8,11-16,22-23,28H,2-6,9-10,17-20H2,1H3,(H,29,31);7-8,11-16,23-24,28-29H,2-6,9-10,17-21H2,1H3;6-7,10-11,16-17,21H,1-5,8-9,12-15,20H2;2-5H,1H3;2H2,1H3;1H4;;;;;;;;/q;;;;;;;;;+1;;;;-1. The van der Waals surface area contributed by atoms with E-state index in [1.165, 1.54) is 217 Å². The van der Waals surface area contributed by atoms with Crippen molar-refractivity contribution < 1.29 is 63.1 Å². The summed E-state index contributed by atoms with van der Waals surface area (Å²) in [7, 11) is 16.1. The number of rotatable bonds is 19. The predicted molar refractivity (Wildman–Crippen MR) is 462 cm³/mol. The number of ether oxygens (including phenoxy) is 4. The van der Waals surface area contributed by atoms with Gasteiger partial charge in [-0.05, 0) is 198 Å². The maximum atomic E-state index is 12.7. The number of aliphatic imine (C=N–C) groups is 1. The maximum absolute atomic E-state index is 12.7. The molecule has 0 spiro atoms. The second kappa shape index (κ2) is 58.8. The number of nitrogens with two attached hydrogens (primary N) is 1. The maximum Gasteiger partial charge on any atom is 1.00 e. The zero-order valence-corrected chi connectivity index (χ0v) is 66.5. The van der Waals surface area contributed by atoms with Crippen molar-refractivity contribution in [1.29, 1.82) is 0 Å². The Morgan fingerprint density at radius 3 is 1.14 bits per heavy atom. The van der Waals surface area contributed by atoms with E-state index < -0.39 is 11.3 Å². The van der Waals surface area contributed by atoms with Crippen molar-refractivity contribution in [1.82, 2.24) is 14.7 Å². The van der Waals surface area contributed by atoms with Crippen LogP contribution in [-0.2, 0) is 20.8 Å². The predicted octanol–water partition coefficient (Wildman–Crippen LogP) is 14.4. The molecule has 12 rings (SSSR count). The number of amides is 2. The first-order valence-corrected chi connectivity index (χ1v) is 39.8. The summed E-state index contributed by atoms with van der Waals surface area (Å²) in [4.78, 5) is 53.5. The van der Waals surface area contributed by atoms with Crippen LogP contribution in [0.2, 0.25) is 0 Å². The first kappa shape index (κ1) is 98.2. The number of carbonyl (C=O) groups is 3. The van der Waals surface area contributed by atoms with Gasteiger partial charge in [0.15, 0.2) is 17.4 Å². The Bertz CT molecular complexity index is 3510. The van der Waals surface area contributed by atoms with Gasteiger partial charge in [0.25, 0.3) is 11.1 Å². The molecule has 3 saturated carbocycles. The number of likely N-dealkylation sites (tertiary alicyclic amines) is 3. The Balaban J connectivity index is 0.000000497. The van der Waals surface area contributed by atoms with Crippen LogP contribution in [0.1, 0.15) is 215 Å². The van der Waals surface area contributed by atoms with Gasteiger partial charge in [0, 0.05) is 109 Å². The Kier molecular flexibility index (Phi) is 52.0. The number of piperidine rings is 3. The van der Waals surface area contributed by atoms with Crippen LogP contribution >= 0.6 is 11.6 Å². The smallest absolute Gasteiger partial charge is 1.00 e. The molecule has 0 aromatic heterocycles. The van der Waals surface area contributed by atoms with Gasteiger partial charge in [-0.1, -0.05) is 157 Å². The second-order valence-electron chi connectivity index (χ2n) is 28.3. The number of nitrogens with zero attached hydrogens (tertiary/aromatic N) is 4. The Morgan fingerprint density at radius 2 is 0.793 bits per heavy atom. The van der Waals surface area contributed by atoms with Crippen LogP contribution in [0, 0.1) is 0 Å². The molecule has 2 amide bonds. The quantitative estimate of drug-likeness (QED) is 0.0146. The molecule has 0 atom stereocenters. The number of carbonyl (C=O) groups excluding carboxylic acids is 4. The third-order valence-corrected chi connectivity index (χ3v) is 21.4. The number of nitrogens with one attached hydrogen (secondary N) is 5. The van der Waals surface area contributed by atoms with Gasteiger partial charge in [-0.2, -0.15) is 0 Å². The topological polar surface area (TPSA) is 231 Å². The Morgan fingerprint density at radius 1 is 0.477 bits per heavy atom. The van der Waals surface area contributed by atoms with E-state index >= 15 is 0 Å². The zero-order valence-electron chi connectivity index (χ0n) is 66.7. The fraction of sp³-hybridized carbons (Fsp3) is 0.535. The zero-order chi connectivity index (χ0) is 77.4. The average Bonchev–Trinajstić information content (AvgIpc) is 0.852. The summed E-state index contributed by atoms with van der Waals surface area (Å²) in [5, 5.41) is 17.4. The van der Waals surface area contributed by atoms with Gasteiger partial charge < -0.3 is 67.4 Å². The van der Waals surface area contributed by atoms with Crippen molar-refractivity contribution in [2.75, 3.05) is 99.5 Å². The summed E-state index contributed by atoms with van der Waals surface area (Å²) >= 11 is 5.22. The van der Waals surface area contributed by atoms with Crippen molar-refractivity contribution in [3.05, 3.63) is 162 Å². The molecule has 3 aliphatic heterocycles. The molecule has 6 aromatic rings. The van der Waals surface area contributed by atoms with Crippen molar-refractivity contribution in [3.8, 4) is 17.2 Å². The number of halogens is 1. The number of methoxy groups -OCH3 is 3. The molecule has 595 valence electrons. The third kappa shape index (κ3) is 36.8. The van der Waals surface area contributed by atoms with Gasteiger partial charge in [-0.3, -0.25) is 9.59 Å². The molecule has 25 heteroatoms. The van der Waals surface area contributed by atoms with E-state index in [-0.39, 0.29) is 57.6 Å². The van der Waals surface area contributed by atoms with E-state index in [4.69, 9.17) is 36.2 Å². The summed E-state index contributed by atoms with van der Waals surface area (Å²) in [5.41, 5.74) is 14.6. The van der Waals surface area contributed by atoms with Crippen molar-refractivity contribution >= 4 is 110 Å². The summed E-state index contributed by atoms with van der Waals surface area (Å²) in [6.07, 6.45) is 37.3. The van der Waals surface area contributed by atoms with E-state index in [1.807, 2.05) is 54.6 Å². The number of hydrogen-bond acceptors (Lipinski definition) is 17. The molecular weight excluding hydrogens is 1420 g/mol. The van der Waals surface area contributed by atoms with Crippen LogP contribution in [0.15, 0.2) is 151 Å². The first-order valence-electron chi connectivity index (χ1n) is 39.4. The normalized spacial score (nSPS) is 16.9. The average molecular weight is 1550 g/mol. The number of para-hydroxylation sites is 6. The molecule has 6 fully saturated rings. The second-order valence-corrected chi connectivity index (χ2v) is 28.7. The summed E-state index contributed by atoms with van der Waals surface area (Å²) in [6.45, 7) is 9.97. The number of nitrogen functional groups attached to an aromatic ring is 1. The molecule has 7 N–H and O–H groups in total. The van der Waals surface area contributed by atoms with Crippen LogP contribution in [0.25, 0.3) is 0 Å². The molecule has 6 aromatic carbocycles. The summed E-state index contributed by atoms with van der Waals surface area (Å²) < 4.78 is 27.3. The fourth-order valence-electron chi connectivity index (χ4n) is 15.2. The molecule has 3 saturated heterocycles. The fourth-order valence-corrected chi connectivity index (χ4v) is 15.3. The molecule has 19 nitrogen and oxygen atoms in total. The van der Waals surface area contributed by atoms with Crippen molar-refractivity contribution in [2.45, 2.75) is 231 Å². The van der Waals surface area contributed by atoms with Gasteiger partial charge in [0.05, 0.1) is 62.1 Å². The number of isocyanates is 1. The van der Waals surface area contributed by atoms with Gasteiger partial charge in [-0.25, -0.2) is 9.59 Å². The SMILES string of the molecule is C.CCOC(=O)N=C=O.COc1ccc(C(=O)Cl)cc1.COc1ccc(C(=O)Nc2ccccc2NC2CCN(C3CCCCCCC3)CC2)cc1.COc1ccc(CNc2ccccc2NC2CCN(C3CCCCCCC3)CC2)cc1.Nc1ccccc1NC1CCN(C2CCCCCCC2)CC1.[AlH3].[B]=O.[B][B].[H-].[Li+]. The molecule has 3 aliphatic carbocycles. The van der Waals surface area contributed by atoms with Crippen LogP contribution in [-0.4, -0.2) is 182 Å². The number of benzene rings is 6. The van der Waals surface area contributed by atoms with Crippen molar-refractivity contribution in [3.63, 3.8) is 0 Å². The van der Waals surface area contributed by atoms with Gasteiger partial charge in [-0.15, -0.1) is 0 Å². The summed E-state index contributed by atoms with van der Waals surface area (Å²) in [5.74, 6) is 2.25. The van der Waals surface area contributed by atoms with Gasteiger partial charge in [0.1, 0.15) is 17.2 Å². The van der Waals surface area contributed by atoms with Crippen LogP contribution in [0.3, 0.4) is 0 Å². The van der Waals surface area contributed by atoms with Crippen LogP contribution in [0.4, 0.5) is 38.9 Å². The Hall–Kier alpha value is -7.00. The molecule has 0 bridgehead atoms. The molecule has 6 aliphatic rings. The molecular formula is C86H127AlB3ClLiN10O9. The van der Waals surface area contributed by atoms with Crippen molar-refractivity contribution in [2.24, 2.45) is 4.99 Å². The molecule has 111 heavy (non-hydrogen) atoms. The third-order valence-electron chi connectivity index (χ3n) is 21.2. The molecule has 0 unspecified atom stereocenters.